The molecule has 192 valence electrons. The number of nitrogens with zero attached hydrogens (tertiary/aromatic N) is 4. The van der Waals surface area contributed by atoms with E-state index >= 15 is 0 Å². The van der Waals surface area contributed by atoms with Crippen LogP contribution in [0, 0.1) is 5.82 Å². The number of imidazole rings is 1. The number of carbonyl (C=O) groups is 1. The standard InChI is InChI=1S/C26H29FN8O2/c1-37-19-8-2-16(3-9-19)13-30-22-12-24(32-18-6-4-17(28)5-7-18)34-35-23(15-31-25(22)35)26(36)33-21-10-11-29-14-20(21)27/h2-3,8-12,14-15,17-18,30H,4-7,13,28H2,1H3,(H,32,34)(H,29,33,36). The molecule has 4 aromatic rings. The SMILES string of the molecule is COc1ccc(CNc2cc(NC3CCC(N)CC3)nn3c(C(=O)Nc4ccncc4F)cnc23)cc1. The number of hydrogen-bond donors (Lipinski definition) is 4. The van der Waals surface area contributed by atoms with Crippen molar-refractivity contribution in [1.29, 1.82) is 0 Å². The van der Waals surface area contributed by atoms with Gasteiger partial charge in [0, 0.05) is 30.9 Å². The number of nitrogens with two attached hydrogens (primary N) is 1. The number of nitrogens with one attached hydrogen (secondary N) is 3. The summed E-state index contributed by atoms with van der Waals surface area (Å²) in [7, 11) is 1.63. The molecule has 1 aromatic carbocycles. The number of aromatic nitrogens is 4. The number of halogens is 1. The smallest absolute Gasteiger partial charge is 0.276 e. The van der Waals surface area contributed by atoms with Gasteiger partial charge in [0.2, 0.25) is 0 Å². The summed E-state index contributed by atoms with van der Waals surface area (Å²) < 4.78 is 20.8. The Bertz CT molecular complexity index is 1380. The van der Waals surface area contributed by atoms with Crippen LogP contribution in [-0.4, -0.2) is 44.7 Å². The third kappa shape index (κ3) is 5.61. The molecule has 0 radical (unpaired) electrons. The van der Waals surface area contributed by atoms with Crippen molar-refractivity contribution < 1.29 is 13.9 Å². The normalized spacial score (nSPS) is 17.4. The van der Waals surface area contributed by atoms with Crippen molar-refractivity contribution in [3.8, 4) is 5.75 Å². The highest BCUT2D eigenvalue weighted by molar-refractivity contribution is 6.03. The molecule has 11 heteroatoms. The van der Waals surface area contributed by atoms with Crippen molar-refractivity contribution in [1.82, 2.24) is 19.6 Å². The fourth-order valence-electron chi connectivity index (χ4n) is 4.40. The van der Waals surface area contributed by atoms with E-state index in [9.17, 15) is 9.18 Å². The quantitative estimate of drug-likeness (QED) is 0.285. The molecule has 0 aliphatic heterocycles. The predicted molar refractivity (Wildman–Crippen MR) is 139 cm³/mol. The summed E-state index contributed by atoms with van der Waals surface area (Å²) in [6.07, 6.45) is 7.64. The predicted octanol–water partition coefficient (Wildman–Crippen LogP) is 3.82. The molecular weight excluding hydrogens is 475 g/mol. The van der Waals surface area contributed by atoms with Crippen molar-refractivity contribution in [2.45, 2.75) is 44.3 Å². The van der Waals surface area contributed by atoms with Gasteiger partial charge >= 0.3 is 0 Å². The summed E-state index contributed by atoms with van der Waals surface area (Å²) in [5.41, 5.74) is 8.50. The summed E-state index contributed by atoms with van der Waals surface area (Å²) in [5, 5.41) is 14.1. The minimum absolute atomic E-state index is 0.0284. The van der Waals surface area contributed by atoms with E-state index in [0.717, 1.165) is 43.2 Å². The van der Waals surface area contributed by atoms with Crippen LogP contribution < -0.4 is 26.4 Å². The number of carbonyl (C=O) groups excluding carboxylic acids is 1. The number of amides is 1. The monoisotopic (exact) mass is 504 g/mol. The van der Waals surface area contributed by atoms with Crippen LogP contribution in [0.5, 0.6) is 5.75 Å². The maximum absolute atomic E-state index is 14.1. The summed E-state index contributed by atoms with van der Waals surface area (Å²) in [4.78, 5) is 21.2. The molecule has 3 aromatic heterocycles. The first-order chi connectivity index (χ1) is 18.0. The molecule has 3 heterocycles. The topological polar surface area (TPSA) is 131 Å². The summed E-state index contributed by atoms with van der Waals surface area (Å²) in [6.45, 7) is 0.526. The second kappa shape index (κ2) is 10.8. The Labute approximate surface area is 213 Å². The first-order valence-electron chi connectivity index (χ1n) is 12.2. The minimum atomic E-state index is -0.627. The molecule has 0 spiro atoms. The van der Waals surface area contributed by atoms with Gasteiger partial charge in [-0.2, -0.15) is 0 Å². The van der Waals surface area contributed by atoms with Crippen LogP contribution in [0.2, 0.25) is 0 Å². The number of fused-ring (bicyclic) bond motifs is 1. The third-order valence-corrected chi connectivity index (χ3v) is 6.49. The van der Waals surface area contributed by atoms with Crippen LogP contribution in [0.15, 0.2) is 55.0 Å². The minimum Gasteiger partial charge on any atom is -0.497 e. The lowest BCUT2D eigenvalue weighted by molar-refractivity contribution is 0.102. The lowest BCUT2D eigenvalue weighted by Gasteiger charge is -2.27. The van der Waals surface area contributed by atoms with E-state index in [-0.39, 0.29) is 23.5 Å². The van der Waals surface area contributed by atoms with E-state index < -0.39 is 11.7 Å². The zero-order chi connectivity index (χ0) is 25.8. The fraction of sp³-hybridized carbons (Fsp3) is 0.308. The Kier molecular flexibility index (Phi) is 7.13. The molecule has 5 rings (SSSR count). The van der Waals surface area contributed by atoms with Crippen LogP contribution in [-0.2, 0) is 6.54 Å². The average Bonchev–Trinajstić information content (AvgIpc) is 3.34. The van der Waals surface area contributed by atoms with Crippen molar-refractivity contribution >= 4 is 28.7 Å². The zero-order valence-corrected chi connectivity index (χ0v) is 20.4. The zero-order valence-electron chi connectivity index (χ0n) is 20.4. The van der Waals surface area contributed by atoms with Gasteiger partial charge in [-0.3, -0.25) is 9.78 Å². The molecule has 0 saturated heterocycles. The second-order valence-corrected chi connectivity index (χ2v) is 9.09. The van der Waals surface area contributed by atoms with E-state index in [1.165, 1.54) is 23.0 Å². The van der Waals surface area contributed by atoms with Gasteiger partial charge in [0.15, 0.2) is 17.2 Å². The van der Waals surface area contributed by atoms with E-state index in [4.69, 9.17) is 10.5 Å². The van der Waals surface area contributed by atoms with Crippen molar-refractivity contribution in [3.63, 3.8) is 0 Å². The number of anilines is 3. The Morgan fingerprint density at radius 2 is 1.92 bits per heavy atom. The van der Waals surface area contributed by atoms with E-state index in [0.29, 0.717) is 23.7 Å². The van der Waals surface area contributed by atoms with Gasteiger partial charge in [-0.1, -0.05) is 12.1 Å². The first kappa shape index (κ1) is 24.4. The van der Waals surface area contributed by atoms with Crippen LogP contribution >= 0.6 is 0 Å². The molecule has 0 unspecified atom stereocenters. The lowest BCUT2D eigenvalue weighted by atomic mass is 9.92. The number of methoxy groups -OCH3 is 1. The van der Waals surface area contributed by atoms with E-state index in [2.05, 4.69) is 31.0 Å². The van der Waals surface area contributed by atoms with Gasteiger partial charge in [0.1, 0.15) is 11.6 Å². The molecule has 1 aliphatic rings. The molecule has 10 nitrogen and oxygen atoms in total. The number of rotatable bonds is 8. The highest BCUT2D eigenvalue weighted by Crippen LogP contribution is 2.26. The van der Waals surface area contributed by atoms with Crippen LogP contribution in [0.3, 0.4) is 0 Å². The Balaban J connectivity index is 1.44. The molecular formula is C26H29FN8O2. The lowest BCUT2D eigenvalue weighted by Crippen LogP contribution is -2.33. The molecule has 0 bridgehead atoms. The van der Waals surface area contributed by atoms with Crippen LogP contribution in [0.25, 0.3) is 5.65 Å². The van der Waals surface area contributed by atoms with E-state index in [1.807, 2.05) is 30.3 Å². The van der Waals surface area contributed by atoms with Gasteiger partial charge in [0.05, 0.1) is 30.9 Å². The van der Waals surface area contributed by atoms with Crippen LogP contribution in [0.4, 0.5) is 21.6 Å². The summed E-state index contributed by atoms with van der Waals surface area (Å²) in [5.74, 6) is 0.222. The second-order valence-electron chi connectivity index (χ2n) is 9.09. The molecule has 0 atom stereocenters. The van der Waals surface area contributed by atoms with Crippen LogP contribution in [0.1, 0.15) is 41.7 Å². The largest absolute Gasteiger partial charge is 0.497 e. The summed E-state index contributed by atoms with van der Waals surface area (Å²) >= 11 is 0. The summed E-state index contributed by atoms with van der Waals surface area (Å²) in [6, 6.07) is 11.5. The van der Waals surface area contributed by atoms with Gasteiger partial charge in [0.25, 0.3) is 5.91 Å². The number of benzene rings is 1. The van der Waals surface area contributed by atoms with Crippen molar-refractivity contribution in [3.05, 3.63) is 72.1 Å². The highest BCUT2D eigenvalue weighted by atomic mass is 19.1. The first-order valence-corrected chi connectivity index (χ1v) is 12.2. The molecule has 1 fully saturated rings. The van der Waals surface area contributed by atoms with Gasteiger partial charge in [-0.05, 0) is 49.4 Å². The molecule has 1 amide bonds. The highest BCUT2D eigenvalue weighted by Gasteiger charge is 2.21. The average molecular weight is 505 g/mol. The Morgan fingerprint density at radius 3 is 2.65 bits per heavy atom. The Morgan fingerprint density at radius 1 is 1.14 bits per heavy atom. The molecule has 1 aliphatic carbocycles. The van der Waals surface area contributed by atoms with Gasteiger partial charge < -0.3 is 26.4 Å². The van der Waals surface area contributed by atoms with Crippen molar-refractivity contribution in [2.24, 2.45) is 5.73 Å². The molecule has 1 saturated carbocycles. The van der Waals surface area contributed by atoms with Gasteiger partial charge in [-0.15, -0.1) is 5.10 Å². The molecule has 5 N–H and O–H groups in total. The number of ether oxygens (including phenoxy) is 1. The number of pyridine rings is 1. The maximum Gasteiger partial charge on any atom is 0.276 e. The fourth-order valence-corrected chi connectivity index (χ4v) is 4.40. The number of hydrogen-bond acceptors (Lipinski definition) is 8. The Hall–Kier alpha value is -4.25. The third-order valence-electron chi connectivity index (χ3n) is 6.49. The van der Waals surface area contributed by atoms with Gasteiger partial charge in [-0.25, -0.2) is 13.9 Å². The maximum atomic E-state index is 14.1. The van der Waals surface area contributed by atoms with Crippen molar-refractivity contribution in [2.75, 3.05) is 23.1 Å². The van der Waals surface area contributed by atoms with E-state index in [1.54, 1.807) is 7.11 Å². The molecule has 37 heavy (non-hydrogen) atoms.